The lowest BCUT2D eigenvalue weighted by Crippen LogP contribution is -1.97. The minimum absolute atomic E-state index is 0.619. The van der Waals surface area contributed by atoms with Crippen molar-refractivity contribution >= 4 is 23.2 Å². The molecule has 0 radical (unpaired) electrons. The van der Waals surface area contributed by atoms with Crippen molar-refractivity contribution in [3.63, 3.8) is 0 Å². The zero-order valence-electron chi connectivity index (χ0n) is 9.64. The van der Waals surface area contributed by atoms with Gasteiger partial charge in [0.25, 0.3) is 0 Å². The Morgan fingerprint density at radius 2 is 1.56 bits per heavy atom. The standard InChI is InChI=1S/C13H18Cl2O/c1-2-3-4-5-6-7-16-13-9-11(14)8-12(15)10-13/h8-10H,2-7H2,1H3. The number of rotatable bonds is 7. The van der Waals surface area contributed by atoms with Crippen LogP contribution in [0.5, 0.6) is 5.75 Å². The second-order valence-electron chi connectivity index (χ2n) is 3.87. The molecule has 0 saturated heterocycles. The molecule has 1 aromatic carbocycles. The van der Waals surface area contributed by atoms with Gasteiger partial charge in [0.2, 0.25) is 0 Å². The molecule has 0 heterocycles. The molecule has 0 fully saturated rings. The van der Waals surface area contributed by atoms with Crippen LogP contribution in [0.15, 0.2) is 18.2 Å². The van der Waals surface area contributed by atoms with Crippen molar-refractivity contribution in [2.45, 2.75) is 39.0 Å². The quantitative estimate of drug-likeness (QED) is 0.602. The van der Waals surface area contributed by atoms with Crippen molar-refractivity contribution < 1.29 is 4.74 Å². The molecule has 0 saturated carbocycles. The number of hydrogen-bond donors (Lipinski definition) is 0. The average Bonchev–Trinajstić information content (AvgIpc) is 2.22. The highest BCUT2D eigenvalue weighted by atomic mass is 35.5. The summed E-state index contributed by atoms with van der Waals surface area (Å²) in [6, 6.07) is 5.29. The van der Waals surface area contributed by atoms with Gasteiger partial charge in [-0.1, -0.05) is 55.8 Å². The average molecular weight is 261 g/mol. The maximum absolute atomic E-state index is 5.87. The second kappa shape index (κ2) is 7.81. The lowest BCUT2D eigenvalue weighted by atomic mass is 10.2. The lowest BCUT2D eigenvalue weighted by Gasteiger charge is -2.06. The Morgan fingerprint density at radius 1 is 0.938 bits per heavy atom. The third-order valence-corrected chi connectivity index (χ3v) is 2.79. The zero-order chi connectivity index (χ0) is 11.8. The van der Waals surface area contributed by atoms with Gasteiger partial charge in [-0.2, -0.15) is 0 Å². The third-order valence-electron chi connectivity index (χ3n) is 2.35. The van der Waals surface area contributed by atoms with Gasteiger partial charge < -0.3 is 4.74 Å². The third kappa shape index (κ3) is 5.62. The van der Waals surface area contributed by atoms with Gasteiger partial charge in [0.1, 0.15) is 5.75 Å². The van der Waals surface area contributed by atoms with Crippen molar-refractivity contribution in [3.05, 3.63) is 28.2 Å². The molecule has 1 aromatic rings. The van der Waals surface area contributed by atoms with Crippen LogP contribution in [0.1, 0.15) is 39.0 Å². The van der Waals surface area contributed by atoms with Crippen molar-refractivity contribution in [1.82, 2.24) is 0 Å². The lowest BCUT2D eigenvalue weighted by molar-refractivity contribution is 0.304. The van der Waals surface area contributed by atoms with E-state index in [-0.39, 0.29) is 0 Å². The van der Waals surface area contributed by atoms with Crippen LogP contribution < -0.4 is 4.74 Å². The molecule has 16 heavy (non-hydrogen) atoms. The molecule has 0 bridgehead atoms. The molecule has 0 atom stereocenters. The Morgan fingerprint density at radius 3 is 2.19 bits per heavy atom. The van der Waals surface area contributed by atoms with E-state index < -0.39 is 0 Å². The molecule has 0 amide bonds. The number of halogens is 2. The van der Waals surface area contributed by atoms with Crippen LogP contribution in [0.4, 0.5) is 0 Å². The predicted molar refractivity (Wildman–Crippen MR) is 70.7 cm³/mol. The first-order chi connectivity index (χ1) is 7.72. The summed E-state index contributed by atoms with van der Waals surface area (Å²) in [5.41, 5.74) is 0. The Labute approximate surface area is 108 Å². The van der Waals surface area contributed by atoms with Gasteiger partial charge in [0.15, 0.2) is 0 Å². The maximum Gasteiger partial charge on any atom is 0.122 e. The maximum atomic E-state index is 5.87. The first kappa shape index (κ1) is 13.7. The van der Waals surface area contributed by atoms with Gasteiger partial charge in [-0.3, -0.25) is 0 Å². The SMILES string of the molecule is CCCCCCCOc1cc(Cl)cc(Cl)c1. The summed E-state index contributed by atoms with van der Waals surface area (Å²) >= 11 is 11.7. The summed E-state index contributed by atoms with van der Waals surface area (Å²) in [5, 5.41) is 1.24. The molecule has 90 valence electrons. The smallest absolute Gasteiger partial charge is 0.122 e. The first-order valence-corrected chi connectivity index (χ1v) is 6.57. The van der Waals surface area contributed by atoms with Gasteiger partial charge in [-0.05, 0) is 24.6 Å². The molecular formula is C13H18Cl2O. The molecule has 0 aromatic heterocycles. The molecule has 1 rings (SSSR count). The van der Waals surface area contributed by atoms with E-state index in [0.717, 1.165) is 18.8 Å². The molecule has 0 aliphatic heterocycles. The molecular weight excluding hydrogens is 243 g/mol. The summed E-state index contributed by atoms with van der Waals surface area (Å²) in [6.45, 7) is 2.95. The van der Waals surface area contributed by atoms with Gasteiger partial charge in [-0.15, -0.1) is 0 Å². The van der Waals surface area contributed by atoms with E-state index in [2.05, 4.69) is 6.92 Å². The fraction of sp³-hybridized carbons (Fsp3) is 0.538. The van der Waals surface area contributed by atoms with E-state index in [0.29, 0.717) is 10.0 Å². The molecule has 0 aliphatic rings. The Hall–Kier alpha value is -0.400. The summed E-state index contributed by atoms with van der Waals surface area (Å²) in [7, 11) is 0. The van der Waals surface area contributed by atoms with Crippen molar-refractivity contribution in [1.29, 1.82) is 0 Å². The molecule has 0 unspecified atom stereocenters. The largest absolute Gasteiger partial charge is 0.493 e. The Bertz CT molecular complexity index is 293. The Kier molecular flexibility index (Phi) is 6.67. The fourth-order valence-electron chi connectivity index (χ4n) is 1.51. The first-order valence-electron chi connectivity index (χ1n) is 5.81. The molecule has 0 spiro atoms. The summed E-state index contributed by atoms with van der Waals surface area (Å²) < 4.78 is 5.58. The normalized spacial score (nSPS) is 10.4. The molecule has 0 N–H and O–H groups in total. The van der Waals surface area contributed by atoms with Gasteiger partial charge in [0.05, 0.1) is 6.61 Å². The van der Waals surface area contributed by atoms with Crippen LogP contribution in [0.2, 0.25) is 10.0 Å². The minimum Gasteiger partial charge on any atom is -0.493 e. The topological polar surface area (TPSA) is 9.23 Å². The van der Waals surface area contributed by atoms with Crippen LogP contribution in [-0.4, -0.2) is 6.61 Å². The molecule has 1 nitrogen and oxygen atoms in total. The summed E-state index contributed by atoms with van der Waals surface area (Å²) in [5.74, 6) is 0.757. The van der Waals surface area contributed by atoms with E-state index in [9.17, 15) is 0 Å². The number of hydrogen-bond acceptors (Lipinski definition) is 1. The van der Waals surface area contributed by atoms with Crippen molar-refractivity contribution in [2.75, 3.05) is 6.61 Å². The van der Waals surface area contributed by atoms with Gasteiger partial charge in [0, 0.05) is 10.0 Å². The highest BCUT2D eigenvalue weighted by molar-refractivity contribution is 6.34. The number of benzene rings is 1. The minimum atomic E-state index is 0.619. The van der Waals surface area contributed by atoms with Crippen LogP contribution in [0, 0.1) is 0 Å². The number of ether oxygens (including phenoxy) is 1. The molecule has 3 heteroatoms. The van der Waals surface area contributed by atoms with Crippen LogP contribution in [0.25, 0.3) is 0 Å². The molecule has 0 aliphatic carbocycles. The van der Waals surface area contributed by atoms with Crippen molar-refractivity contribution in [3.8, 4) is 5.75 Å². The predicted octanol–water partition coefficient (Wildman–Crippen LogP) is 5.34. The number of unbranched alkanes of at least 4 members (excludes halogenated alkanes) is 4. The second-order valence-corrected chi connectivity index (χ2v) is 4.74. The van der Waals surface area contributed by atoms with Gasteiger partial charge in [-0.25, -0.2) is 0 Å². The van der Waals surface area contributed by atoms with Crippen LogP contribution in [-0.2, 0) is 0 Å². The van der Waals surface area contributed by atoms with E-state index >= 15 is 0 Å². The highest BCUT2D eigenvalue weighted by Crippen LogP contribution is 2.24. The van der Waals surface area contributed by atoms with E-state index in [1.165, 1.54) is 25.7 Å². The van der Waals surface area contributed by atoms with Gasteiger partial charge >= 0.3 is 0 Å². The monoisotopic (exact) mass is 260 g/mol. The van der Waals surface area contributed by atoms with Crippen molar-refractivity contribution in [2.24, 2.45) is 0 Å². The van der Waals surface area contributed by atoms with Crippen LogP contribution in [0.3, 0.4) is 0 Å². The highest BCUT2D eigenvalue weighted by Gasteiger charge is 1.98. The van der Waals surface area contributed by atoms with E-state index in [4.69, 9.17) is 27.9 Å². The Balaban J connectivity index is 2.21. The van der Waals surface area contributed by atoms with E-state index in [1.54, 1.807) is 18.2 Å². The zero-order valence-corrected chi connectivity index (χ0v) is 11.2. The summed E-state index contributed by atoms with van der Waals surface area (Å²) in [6.07, 6.45) is 6.18. The van der Waals surface area contributed by atoms with E-state index in [1.807, 2.05) is 0 Å². The van der Waals surface area contributed by atoms with Crippen LogP contribution >= 0.6 is 23.2 Å². The summed E-state index contributed by atoms with van der Waals surface area (Å²) in [4.78, 5) is 0. The fourth-order valence-corrected chi connectivity index (χ4v) is 2.01.